The van der Waals surface area contributed by atoms with E-state index in [0.717, 1.165) is 21.5 Å². The zero-order valence-electron chi connectivity index (χ0n) is 12.3. The first-order valence-electron chi connectivity index (χ1n) is 6.85. The Kier molecular flexibility index (Phi) is 4.22. The Labute approximate surface area is 136 Å². The molecule has 6 heteroatoms. The molecule has 5 nitrogen and oxygen atoms in total. The fourth-order valence-corrected chi connectivity index (χ4v) is 2.82. The van der Waals surface area contributed by atoms with Crippen molar-refractivity contribution >= 4 is 27.5 Å². The molecule has 2 aromatic carbocycles. The molecule has 0 atom stereocenters. The van der Waals surface area contributed by atoms with Crippen LogP contribution in [0.2, 0.25) is 0 Å². The zero-order valence-corrected chi connectivity index (χ0v) is 13.1. The summed E-state index contributed by atoms with van der Waals surface area (Å²) < 4.78 is 11.7. The van der Waals surface area contributed by atoms with Crippen molar-refractivity contribution in [3.05, 3.63) is 53.0 Å². The molecular formula is C17H12N2O3S. The van der Waals surface area contributed by atoms with Gasteiger partial charge in [-0.3, -0.25) is 4.79 Å². The SMILES string of the molecule is CC(=O)Oc1ccc(COc2ccc3nc(C#N)sc3c2)cc1. The molecule has 1 aromatic heterocycles. The van der Waals surface area contributed by atoms with E-state index in [-0.39, 0.29) is 5.97 Å². The Morgan fingerprint density at radius 1 is 1.22 bits per heavy atom. The van der Waals surface area contributed by atoms with E-state index < -0.39 is 0 Å². The number of thiazole rings is 1. The standard InChI is InChI=1S/C17H12N2O3S/c1-11(20)22-13-4-2-12(3-5-13)10-21-14-6-7-15-16(8-14)23-17(9-18)19-15/h2-8H,10H2,1H3. The largest absolute Gasteiger partial charge is 0.489 e. The lowest BCUT2D eigenvalue weighted by Gasteiger charge is -2.07. The average Bonchev–Trinajstić information content (AvgIpc) is 2.96. The van der Waals surface area contributed by atoms with E-state index in [4.69, 9.17) is 14.7 Å². The molecule has 0 spiro atoms. The predicted octanol–water partition coefficient (Wildman–Crippen LogP) is 3.67. The first kappa shape index (κ1) is 15.0. The van der Waals surface area contributed by atoms with Crippen molar-refractivity contribution in [2.24, 2.45) is 0 Å². The minimum atomic E-state index is -0.344. The molecule has 1 heterocycles. The van der Waals surface area contributed by atoms with Crippen LogP contribution < -0.4 is 9.47 Å². The number of benzene rings is 2. The van der Waals surface area contributed by atoms with Gasteiger partial charge in [-0.25, -0.2) is 4.98 Å². The number of ether oxygens (including phenoxy) is 2. The second-order valence-corrected chi connectivity index (χ2v) is 5.82. The number of rotatable bonds is 4. The van der Waals surface area contributed by atoms with Gasteiger partial charge in [-0.05, 0) is 35.9 Å². The van der Waals surface area contributed by atoms with Crippen molar-refractivity contribution in [3.63, 3.8) is 0 Å². The highest BCUT2D eigenvalue weighted by molar-refractivity contribution is 7.19. The summed E-state index contributed by atoms with van der Waals surface area (Å²) >= 11 is 1.34. The Bertz CT molecular complexity index is 894. The van der Waals surface area contributed by atoms with E-state index >= 15 is 0 Å². The lowest BCUT2D eigenvalue weighted by Crippen LogP contribution is -2.01. The molecule has 0 unspecified atom stereocenters. The van der Waals surface area contributed by atoms with Gasteiger partial charge in [0.1, 0.15) is 24.2 Å². The minimum absolute atomic E-state index is 0.344. The zero-order chi connectivity index (χ0) is 16.2. The van der Waals surface area contributed by atoms with Crippen LogP contribution in [0.3, 0.4) is 0 Å². The highest BCUT2D eigenvalue weighted by Crippen LogP contribution is 2.26. The quantitative estimate of drug-likeness (QED) is 0.541. The van der Waals surface area contributed by atoms with Crippen LogP contribution in [0.1, 0.15) is 17.5 Å². The third-order valence-electron chi connectivity index (χ3n) is 3.05. The molecule has 23 heavy (non-hydrogen) atoms. The highest BCUT2D eigenvalue weighted by atomic mass is 32.1. The van der Waals surface area contributed by atoms with Crippen LogP contribution in [-0.4, -0.2) is 11.0 Å². The number of carbonyl (C=O) groups excluding carboxylic acids is 1. The fraction of sp³-hybridized carbons (Fsp3) is 0.118. The molecular weight excluding hydrogens is 312 g/mol. The molecule has 0 radical (unpaired) electrons. The highest BCUT2D eigenvalue weighted by Gasteiger charge is 2.05. The van der Waals surface area contributed by atoms with E-state index in [0.29, 0.717) is 17.4 Å². The number of esters is 1. The summed E-state index contributed by atoms with van der Waals surface area (Å²) in [6.07, 6.45) is 0. The van der Waals surface area contributed by atoms with E-state index in [1.165, 1.54) is 18.3 Å². The van der Waals surface area contributed by atoms with Crippen LogP contribution >= 0.6 is 11.3 Å². The van der Waals surface area contributed by atoms with Crippen molar-refractivity contribution < 1.29 is 14.3 Å². The van der Waals surface area contributed by atoms with Crippen LogP contribution in [0.5, 0.6) is 11.5 Å². The Morgan fingerprint density at radius 3 is 2.65 bits per heavy atom. The van der Waals surface area contributed by atoms with Gasteiger partial charge in [0, 0.05) is 6.92 Å². The van der Waals surface area contributed by atoms with Crippen LogP contribution in [-0.2, 0) is 11.4 Å². The third kappa shape index (κ3) is 3.65. The predicted molar refractivity (Wildman–Crippen MR) is 86.4 cm³/mol. The number of hydrogen-bond donors (Lipinski definition) is 0. The monoisotopic (exact) mass is 324 g/mol. The Morgan fingerprint density at radius 2 is 1.96 bits per heavy atom. The average molecular weight is 324 g/mol. The normalized spacial score (nSPS) is 10.3. The molecule has 0 amide bonds. The number of nitrogens with zero attached hydrogens (tertiary/aromatic N) is 2. The summed E-state index contributed by atoms with van der Waals surface area (Å²) in [6, 6.07) is 14.7. The summed E-state index contributed by atoms with van der Waals surface area (Å²) in [6.45, 7) is 1.76. The van der Waals surface area contributed by atoms with Crippen LogP contribution in [0.15, 0.2) is 42.5 Å². The lowest BCUT2D eigenvalue weighted by molar-refractivity contribution is -0.131. The van der Waals surface area contributed by atoms with Gasteiger partial charge >= 0.3 is 5.97 Å². The molecule has 0 aliphatic rings. The summed E-state index contributed by atoms with van der Waals surface area (Å²) in [4.78, 5) is 15.1. The fourth-order valence-electron chi connectivity index (χ4n) is 2.03. The van der Waals surface area contributed by atoms with Crippen molar-refractivity contribution in [2.75, 3.05) is 0 Å². The molecule has 0 bridgehead atoms. The third-order valence-corrected chi connectivity index (χ3v) is 3.97. The molecule has 0 saturated heterocycles. The van der Waals surface area contributed by atoms with Crippen LogP contribution in [0, 0.1) is 11.3 Å². The molecule has 3 aromatic rings. The first-order chi connectivity index (χ1) is 11.1. The lowest BCUT2D eigenvalue weighted by atomic mass is 10.2. The van der Waals surface area contributed by atoms with E-state index in [1.807, 2.05) is 36.4 Å². The van der Waals surface area contributed by atoms with E-state index in [1.54, 1.807) is 12.1 Å². The van der Waals surface area contributed by atoms with Gasteiger partial charge in [0.25, 0.3) is 0 Å². The van der Waals surface area contributed by atoms with Gasteiger partial charge in [0.15, 0.2) is 5.01 Å². The van der Waals surface area contributed by atoms with Crippen LogP contribution in [0.25, 0.3) is 10.2 Å². The van der Waals surface area contributed by atoms with Gasteiger partial charge in [-0.1, -0.05) is 12.1 Å². The van der Waals surface area contributed by atoms with E-state index in [9.17, 15) is 4.79 Å². The molecule has 0 aliphatic heterocycles. The van der Waals surface area contributed by atoms with Crippen molar-refractivity contribution in [2.45, 2.75) is 13.5 Å². The molecule has 0 aliphatic carbocycles. The topological polar surface area (TPSA) is 72.2 Å². The number of nitriles is 1. The Hall–Kier alpha value is -2.91. The summed E-state index contributed by atoms with van der Waals surface area (Å²) in [5.74, 6) is 0.884. The van der Waals surface area contributed by atoms with Crippen LogP contribution in [0.4, 0.5) is 0 Å². The van der Waals surface area contributed by atoms with Crippen molar-refractivity contribution in [3.8, 4) is 17.6 Å². The van der Waals surface area contributed by atoms with Gasteiger partial charge < -0.3 is 9.47 Å². The molecule has 114 valence electrons. The van der Waals surface area contributed by atoms with Crippen molar-refractivity contribution in [1.82, 2.24) is 4.98 Å². The number of hydrogen-bond acceptors (Lipinski definition) is 6. The van der Waals surface area contributed by atoms with Gasteiger partial charge in [0.2, 0.25) is 0 Å². The van der Waals surface area contributed by atoms with Gasteiger partial charge in [0.05, 0.1) is 10.2 Å². The summed E-state index contributed by atoms with van der Waals surface area (Å²) in [7, 11) is 0. The summed E-state index contributed by atoms with van der Waals surface area (Å²) in [5, 5.41) is 9.32. The first-order valence-corrected chi connectivity index (χ1v) is 7.66. The number of fused-ring (bicyclic) bond motifs is 1. The maximum atomic E-state index is 10.9. The van der Waals surface area contributed by atoms with Gasteiger partial charge in [-0.2, -0.15) is 5.26 Å². The maximum absolute atomic E-state index is 10.9. The molecule has 0 saturated carbocycles. The molecule has 3 rings (SSSR count). The molecule has 0 fully saturated rings. The maximum Gasteiger partial charge on any atom is 0.308 e. The smallest absolute Gasteiger partial charge is 0.308 e. The number of aromatic nitrogens is 1. The Balaban J connectivity index is 1.68. The van der Waals surface area contributed by atoms with Gasteiger partial charge in [-0.15, -0.1) is 11.3 Å². The second kappa shape index (κ2) is 6.46. The second-order valence-electron chi connectivity index (χ2n) is 4.79. The van der Waals surface area contributed by atoms with E-state index in [2.05, 4.69) is 4.98 Å². The number of carbonyl (C=O) groups is 1. The minimum Gasteiger partial charge on any atom is -0.489 e. The molecule has 0 N–H and O–H groups in total. The van der Waals surface area contributed by atoms with Crippen molar-refractivity contribution in [1.29, 1.82) is 5.26 Å². The summed E-state index contributed by atoms with van der Waals surface area (Å²) in [5.41, 5.74) is 1.76.